The summed E-state index contributed by atoms with van der Waals surface area (Å²) in [4.78, 5) is 0. The Balaban J connectivity index is 2.20. The van der Waals surface area contributed by atoms with Gasteiger partial charge in [0.25, 0.3) is 0 Å². The molecule has 0 aromatic heterocycles. The highest BCUT2D eigenvalue weighted by atomic mass is 79.9. The largest absolute Gasteiger partial charge is 0.316 e. The third-order valence-electron chi connectivity index (χ3n) is 3.09. The van der Waals surface area contributed by atoms with E-state index in [1.54, 1.807) is 0 Å². The van der Waals surface area contributed by atoms with Crippen molar-refractivity contribution in [2.45, 2.75) is 19.3 Å². The summed E-state index contributed by atoms with van der Waals surface area (Å²) in [6.07, 6.45) is 2.47. The Hall–Kier alpha value is -0.550. The highest BCUT2D eigenvalue weighted by Gasteiger charge is 2.21. The first-order valence-corrected chi connectivity index (χ1v) is 6.41. The highest BCUT2D eigenvalue weighted by Crippen LogP contribution is 2.26. The molecule has 1 aliphatic heterocycles. The summed E-state index contributed by atoms with van der Waals surface area (Å²) in [5, 5.41) is 3.21. The molecule has 1 nitrogen and oxygen atoms in total. The molecule has 0 amide bonds. The van der Waals surface area contributed by atoms with Crippen molar-refractivity contribution in [1.82, 2.24) is 5.32 Å². The molecule has 1 aliphatic rings. The summed E-state index contributed by atoms with van der Waals surface area (Å²) in [6, 6.07) is 1.34. The molecule has 2 rings (SSSR count). The van der Waals surface area contributed by atoms with E-state index >= 15 is 0 Å². The molecular weight excluding hydrogens is 295 g/mol. The number of benzene rings is 1. The maximum absolute atomic E-state index is 13.5. The summed E-state index contributed by atoms with van der Waals surface area (Å²) in [5.41, 5.74) is 0.240. The fourth-order valence-corrected chi connectivity index (χ4v) is 2.63. The zero-order chi connectivity index (χ0) is 12.4. The van der Waals surface area contributed by atoms with Crippen LogP contribution in [-0.4, -0.2) is 13.1 Å². The van der Waals surface area contributed by atoms with Crippen LogP contribution >= 0.6 is 15.9 Å². The first-order chi connectivity index (χ1) is 8.09. The smallest absolute Gasteiger partial charge is 0.195 e. The molecule has 1 fully saturated rings. The van der Waals surface area contributed by atoms with Crippen LogP contribution in [-0.2, 0) is 6.42 Å². The van der Waals surface area contributed by atoms with Crippen LogP contribution in [0.4, 0.5) is 13.2 Å². The summed E-state index contributed by atoms with van der Waals surface area (Å²) in [7, 11) is 0. The zero-order valence-electron chi connectivity index (χ0n) is 9.20. The van der Waals surface area contributed by atoms with Crippen LogP contribution in [0.1, 0.15) is 18.4 Å². The molecule has 17 heavy (non-hydrogen) atoms. The third kappa shape index (κ3) is 2.83. The predicted molar refractivity (Wildman–Crippen MR) is 63.3 cm³/mol. The molecule has 1 saturated heterocycles. The molecule has 1 heterocycles. The van der Waals surface area contributed by atoms with Crippen molar-refractivity contribution in [2.24, 2.45) is 5.92 Å². The van der Waals surface area contributed by atoms with Crippen molar-refractivity contribution in [1.29, 1.82) is 0 Å². The third-order valence-corrected chi connectivity index (χ3v) is 3.66. The van der Waals surface area contributed by atoms with Gasteiger partial charge >= 0.3 is 0 Å². The minimum Gasteiger partial charge on any atom is -0.316 e. The Kier molecular flexibility index (Phi) is 4.09. The van der Waals surface area contributed by atoms with Gasteiger partial charge in [0.1, 0.15) is 0 Å². The SMILES string of the molecule is Fc1c(Br)cc(CC2CCCNC2)c(F)c1F. The second kappa shape index (κ2) is 5.40. The molecule has 1 aromatic rings. The Morgan fingerprint density at radius 3 is 2.65 bits per heavy atom. The van der Waals surface area contributed by atoms with Gasteiger partial charge in [-0.25, -0.2) is 13.2 Å². The average molecular weight is 308 g/mol. The summed E-state index contributed by atoms with van der Waals surface area (Å²) in [6.45, 7) is 1.77. The van der Waals surface area contributed by atoms with Gasteiger partial charge in [-0.3, -0.25) is 0 Å². The molecule has 0 radical (unpaired) electrons. The van der Waals surface area contributed by atoms with Gasteiger partial charge in [0.2, 0.25) is 0 Å². The van der Waals surface area contributed by atoms with Gasteiger partial charge in [-0.05, 0) is 65.8 Å². The zero-order valence-corrected chi connectivity index (χ0v) is 10.8. The summed E-state index contributed by atoms with van der Waals surface area (Å²) < 4.78 is 39.8. The number of nitrogens with one attached hydrogen (secondary N) is 1. The van der Waals surface area contributed by atoms with Crippen molar-refractivity contribution in [3.63, 3.8) is 0 Å². The van der Waals surface area contributed by atoms with Crippen molar-refractivity contribution in [3.05, 3.63) is 33.6 Å². The molecule has 0 bridgehead atoms. The normalized spacial score (nSPS) is 20.6. The number of hydrogen-bond acceptors (Lipinski definition) is 1. The van der Waals surface area contributed by atoms with Crippen molar-refractivity contribution < 1.29 is 13.2 Å². The van der Waals surface area contributed by atoms with Crippen LogP contribution in [0.5, 0.6) is 0 Å². The Morgan fingerprint density at radius 1 is 1.24 bits per heavy atom. The topological polar surface area (TPSA) is 12.0 Å². The fourth-order valence-electron chi connectivity index (χ4n) is 2.18. The molecular formula is C12H13BrF3N. The maximum Gasteiger partial charge on any atom is 0.195 e. The average Bonchev–Trinajstić information content (AvgIpc) is 2.35. The molecule has 0 aliphatic carbocycles. The molecule has 0 saturated carbocycles. The lowest BCUT2D eigenvalue weighted by molar-refractivity contribution is 0.366. The van der Waals surface area contributed by atoms with Crippen LogP contribution in [0.3, 0.4) is 0 Å². The van der Waals surface area contributed by atoms with E-state index in [9.17, 15) is 13.2 Å². The van der Waals surface area contributed by atoms with Crippen molar-refractivity contribution in [3.8, 4) is 0 Å². The van der Waals surface area contributed by atoms with Crippen LogP contribution in [0, 0.1) is 23.4 Å². The maximum atomic E-state index is 13.5. The van der Waals surface area contributed by atoms with Gasteiger partial charge in [-0.15, -0.1) is 0 Å². The molecule has 1 atom stereocenters. The highest BCUT2D eigenvalue weighted by molar-refractivity contribution is 9.10. The number of rotatable bonds is 2. The van der Waals surface area contributed by atoms with Gasteiger partial charge in [0.15, 0.2) is 17.5 Å². The van der Waals surface area contributed by atoms with E-state index in [-0.39, 0.29) is 16.0 Å². The van der Waals surface area contributed by atoms with Gasteiger partial charge < -0.3 is 5.32 Å². The van der Waals surface area contributed by atoms with E-state index in [0.29, 0.717) is 6.42 Å². The van der Waals surface area contributed by atoms with E-state index in [1.165, 1.54) is 6.07 Å². The van der Waals surface area contributed by atoms with Crippen LogP contribution in [0.15, 0.2) is 10.5 Å². The number of halogens is 4. The van der Waals surface area contributed by atoms with Crippen LogP contribution in [0.2, 0.25) is 0 Å². The molecule has 1 aromatic carbocycles. The lowest BCUT2D eigenvalue weighted by atomic mass is 9.92. The van der Waals surface area contributed by atoms with Gasteiger partial charge in [-0.2, -0.15) is 0 Å². The van der Waals surface area contributed by atoms with Gasteiger partial charge in [0.05, 0.1) is 4.47 Å². The van der Waals surface area contributed by atoms with E-state index in [0.717, 1.165) is 25.9 Å². The van der Waals surface area contributed by atoms with E-state index in [1.807, 2.05) is 0 Å². The lowest BCUT2D eigenvalue weighted by Crippen LogP contribution is -2.31. The lowest BCUT2D eigenvalue weighted by Gasteiger charge is -2.23. The number of hydrogen-bond donors (Lipinski definition) is 1. The summed E-state index contributed by atoms with van der Waals surface area (Å²) in [5.74, 6) is -3.32. The quantitative estimate of drug-likeness (QED) is 0.652. The molecule has 94 valence electrons. The van der Waals surface area contributed by atoms with Crippen LogP contribution < -0.4 is 5.32 Å². The molecule has 5 heteroatoms. The standard InChI is InChI=1S/C12H13BrF3N/c13-9-5-8(10(14)12(16)11(9)15)4-7-2-1-3-17-6-7/h5,7,17H,1-4,6H2. The minimum absolute atomic E-state index is 0.0184. The predicted octanol–water partition coefficient (Wildman–Crippen LogP) is 3.41. The van der Waals surface area contributed by atoms with E-state index < -0.39 is 17.5 Å². The Bertz CT molecular complexity index is 417. The fraction of sp³-hybridized carbons (Fsp3) is 0.500. The van der Waals surface area contributed by atoms with Crippen molar-refractivity contribution >= 4 is 15.9 Å². The summed E-state index contributed by atoms with van der Waals surface area (Å²) >= 11 is 2.90. The van der Waals surface area contributed by atoms with Crippen molar-refractivity contribution in [2.75, 3.05) is 13.1 Å². The monoisotopic (exact) mass is 307 g/mol. The van der Waals surface area contributed by atoms with Gasteiger partial charge in [0, 0.05) is 0 Å². The molecule has 1 N–H and O–H groups in total. The van der Waals surface area contributed by atoms with E-state index in [2.05, 4.69) is 21.2 Å². The van der Waals surface area contributed by atoms with E-state index in [4.69, 9.17) is 0 Å². The van der Waals surface area contributed by atoms with Crippen LogP contribution in [0.25, 0.3) is 0 Å². The Morgan fingerprint density at radius 2 is 2.00 bits per heavy atom. The molecule has 0 spiro atoms. The van der Waals surface area contributed by atoms with Gasteiger partial charge in [-0.1, -0.05) is 0 Å². The Labute approximate surface area is 107 Å². The first kappa shape index (κ1) is 12.9. The second-order valence-corrected chi connectivity index (χ2v) is 5.23. The minimum atomic E-state index is -1.39. The second-order valence-electron chi connectivity index (χ2n) is 4.38. The first-order valence-electron chi connectivity index (χ1n) is 5.62. The molecule has 1 unspecified atom stereocenters. The number of piperidine rings is 1.